The summed E-state index contributed by atoms with van der Waals surface area (Å²) in [5.74, 6) is 0.707. The zero-order valence-electron chi connectivity index (χ0n) is 10.8. The van der Waals surface area contributed by atoms with Crippen molar-refractivity contribution in [1.29, 1.82) is 0 Å². The van der Waals surface area contributed by atoms with E-state index >= 15 is 0 Å². The van der Waals surface area contributed by atoms with Crippen LogP contribution in [0.1, 0.15) is 25.7 Å². The molecule has 1 aliphatic carbocycles. The van der Waals surface area contributed by atoms with Crippen molar-refractivity contribution in [3.8, 4) is 0 Å². The van der Waals surface area contributed by atoms with Crippen LogP contribution < -0.4 is 4.72 Å². The summed E-state index contributed by atoms with van der Waals surface area (Å²) in [6.07, 6.45) is 4.00. The number of sulfonamides is 1. The molecule has 1 saturated carbocycles. The molecule has 0 saturated heterocycles. The monoisotopic (exact) mass is 443 g/mol. The molecule has 1 aliphatic rings. The minimum atomic E-state index is -3.54. The molecular formula is C13H16Br2ClNO2S. The largest absolute Gasteiger partial charge is 0.241 e. The Morgan fingerprint density at radius 2 is 1.95 bits per heavy atom. The van der Waals surface area contributed by atoms with Crippen molar-refractivity contribution in [1.82, 2.24) is 4.72 Å². The van der Waals surface area contributed by atoms with E-state index in [1.165, 1.54) is 0 Å². The van der Waals surface area contributed by atoms with E-state index in [0.717, 1.165) is 30.2 Å². The summed E-state index contributed by atoms with van der Waals surface area (Å²) in [4.78, 5) is 0.255. The minimum absolute atomic E-state index is 0.0721. The maximum atomic E-state index is 12.5. The second-order valence-corrected chi connectivity index (χ2v) is 8.76. The highest BCUT2D eigenvalue weighted by Gasteiger charge is 2.29. The highest BCUT2D eigenvalue weighted by molar-refractivity contribution is 9.11. The Balaban J connectivity index is 2.24. The first-order chi connectivity index (χ1) is 9.44. The molecule has 3 nitrogen and oxygen atoms in total. The van der Waals surface area contributed by atoms with Crippen LogP contribution in [0.4, 0.5) is 0 Å². The third kappa shape index (κ3) is 3.97. The number of hydrogen-bond acceptors (Lipinski definition) is 2. The third-order valence-electron chi connectivity index (χ3n) is 3.60. The number of alkyl halides is 1. The molecule has 0 aromatic heterocycles. The Morgan fingerprint density at radius 3 is 2.65 bits per heavy atom. The zero-order chi connectivity index (χ0) is 14.8. The molecule has 1 N–H and O–H groups in total. The molecular weight excluding hydrogens is 429 g/mol. The molecule has 1 aromatic rings. The van der Waals surface area contributed by atoms with Gasteiger partial charge < -0.3 is 0 Å². The van der Waals surface area contributed by atoms with Crippen molar-refractivity contribution in [3.63, 3.8) is 0 Å². The number of hydrogen-bond donors (Lipinski definition) is 1. The lowest BCUT2D eigenvalue weighted by atomic mass is 9.86. The molecule has 1 fully saturated rings. The summed E-state index contributed by atoms with van der Waals surface area (Å²) in [7, 11) is -3.54. The molecule has 0 amide bonds. The number of nitrogens with one attached hydrogen (secondary N) is 1. The van der Waals surface area contributed by atoms with Gasteiger partial charge in [0.15, 0.2) is 0 Å². The van der Waals surface area contributed by atoms with Crippen molar-refractivity contribution in [2.24, 2.45) is 5.92 Å². The SMILES string of the molecule is O=S(=O)(NC1CCCCC1CCl)c1cc(Br)ccc1Br. The predicted molar refractivity (Wildman–Crippen MR) is 88.6 cm³/mol. The molecule has 7 heteroatoms. The van der Waals surface area contributed by atoms with E-state index in [1.54, 1.807) is 18.2 Å². The molecule has 1 aromatic carbocycles. The van der Waals surface area contributed by atoms with E-state index in [9.17, 15) is 8.42 Å². The van der Waals surface area contributed by atoms with Crippen molar-refractivity contribution in [2.75, 3.05) is 5.88 Å². The number of benzene rings is 1. The fraction of sp³-hybridized carbons (Fsp3) is 0.538. The third-order valence-corrected chi connectivity index (χ3v) is 6.97. The average Bonchev–Trinajstić information content (AvgIpc) is 2.41. The van der Waals surface area contributed by atoms with Gasteiger partial charge in [-0.25, -0.2) is 13.1 Å². The van der Waals surface area contributed by atoms with Crippen LogP contribution in [0.2, 0.25) is 0 Å². The van der Waals surface area contributed by atoms with E-state index in [-0.39, 0.29) is 16.9 Å². The number of rotatable bonds is 4. The first-order valence-corrected chi connectivity index (χ1v) is 10.1. The van der Waals surface area contributed by atoms with Gasteiger partial charge in [-0.05, 0) is 52.9 Å². The van der Waals surface area contributed by atoms with Gasteiger partial charge in [0.25, 0.3) is 0 Å². The fourth-order valence-electron chi connectivity index (χ4n) is 2.49. The normalized spacial score (nSPS) is 23.8. The first kappa shape index (κ1) is 16.7. The molecule has 0 radical (unpaired) electrons. The summed E-state index contributed by atoms with van der Waals surface area (Å²) >= 11 is 12.6. The quantitative estimate of drug-likeness (QED) is 0.703. The summed E-state index contributed by atoms with van der Waals surface area (Å²) < 4.78 is 29.2. The molecule has 0 heterocycles. The molecule has 2 atom stereocenters. The zero-order valence-corrected chi connectivity index (χ0v) is 15.5. The topological polar surface area (TPSA) is 46.2 Å². The van der Waals surface area contributed by atoms with E-state index < -0.39 is 10.0 Å². The van der Waals surface area contributed by atoms with E-state index in [2.05, 4.69) is 36.6 Å². The van der Waals surface area contributed by atoms with Gasteiger partial charge in [-0.15, -0.1) is 11.6 Å². The van der Waals surface area contributed by atoms with Crippen LogP contribution in [-0.2, 0) is 10.0 Å². The maximum Gasteiger partial charge on any atom is 0.241 e. The van der Waals surface area contributed by atoms with Gasteiger partial charge in [0, 0.05) is 20.9 Å². The van der Waals surface area contributed by atoms with Crippen LogP contribution >= 0.6 is 43.5 Å². The fourth-order valence-corrected chi connectivity index (χ4v) is 5.70. The second-order valence-electron chi connectivity index (χ2n) is 5.00. The van der Waals surface area contributed by atoms with Crippen LogP contribution in [0.15, 0.2) is 32.0 Å². The van der Waals surface area contributed by atoms with Gasteiger partial charge in [-0.1, -0.05) is 28.8 Å². The second kappa shape index (κ2) is 7.09. The minimum Gasteiger partial charge on any atom is -0.208 e. The maximum absolute atomic E-state index is 12.5. The molecule has 0 spiro atoms. The molecule has 112 valence electrons. The van der Waals surface area contributed by atoms with E-state index in [0.29, 0.717) is 10.4 Å². The van der Waals surface area contributed by atoms with Gasteiger partial charge in [0.05, 0.1) is 4.90 Å². The Labute approximate surface area is 141 Å². The van der Waals surface area contributed by atoms with Crippen LogP contribution in [0.3, 0.4) is 0 Å². The summed E-state index contributed by atoms with van der Waals surface area (Å²) in [5, 5.41) is 0. The highest BCUT2D eigenvalue weighted by Crippen LogP contribution is 2.29. The average molecular weight is 446 g/mol. The lowest BCUT2D eigenvalue weighted by molar-refractivity contribution is 0.314. The van der Waals surface area contributed by atoms with E-state index in [1.807, 2.05) is 0 Å². The Kier molecular flexibility index (Phi) is 5.94. The summed E-state index contributed by atoms with van der Waals surface area (Å²) in [6, 6.07) is 5.05. The Hall–Kier alpha value is 0.380. The standard InChI is InChI=1S/C13H16Br2ClNO2S/c14-10-5-6-11(15)13(7-10)20(18,19)17-12-4-2-1-3-9(12)8-16/h5-7,9,12,17H,1-4,8H2. The summed E-state index contributed by atoms with van der Waals surface area (Å²) in [6.45, 7) is 0. The molecule has 20 heavy (non-hydrogen) atoms. The van der Waals surface area contributed by atoms with Gasteiger partial charge >= 0.3 is 0 Å². The van der Waals surface area contributed by atoms with Crippen molar-refractivity contribution < 1.29 is 8.42 Å². The van der Waals surface area contributed by atoms with Crippen LogP contribution in [-0.4, -0.2) is 20.3 Å². The van der Waals surface area contributed by atoms with Crippen molar-refractivity contribution in [3.05, 3.63) is 27.1 Å². The first-order valence-electron chi connectivity index (χ1n) is 6.47. The number of halogens is 3. The van der Waals surface area contributed by atoms with Gasteiger partial charge in [-0.3, -0.25) is 0 Å². The van der Waals surface area contributed by atoms with Crippen molar-refractivity contribution >= 4 is 53.5 Å². The predicted octanol–water partition coefficient (Wildman–Crippen LogP) is 4.29. The van der Waals surface area contributed by atoms with Gasteiger partial charge in [0.1, 0.15) is 0 Å². The van der Waals surface area contributed by atoms with E-state index in [4.69, 9.17) is 11.6 Å². The lowest BCUT2D eigenvalue weighted by Crippen LogP contribution is -2.42. The molecule has 2 unspecified atom stereocenters. The van der Waals surface area contributed by atoms with Crippen LogP contribution in [0.25, 0.3) is 0 Å². The van der Waals surface area contributed by atoms with Crippen molar-refractivity contribution in [2.45, 2.75) is 36.6 Å². The molecule has 0 aliphatic heterocycles. The lowest BCUT2D eigenvalue weighted by Gasteiger charge is -2.30. The van der Waals surface area contributed by atoms with Gasteiger partial charge in [-0.2, -0.15) is 0 Å². The van der Waals surface area contributed by atoms with Gasteiger partial charge in [0.2, 0.25) is 10.0 Å². The van der Waals surface area contributed by atoms with Crippen LogP contribution in [0.5, 0.6) is 0 Å². The Morgan fingerprint density at radius 1 is 1.25 bits per heavy atom. The smallest absolute Gasteiger partial charge is 0.208 e. The highest BCUT2D eigenvalue weighted by atomic mass is 79.9. The summed E-state index contributed by atoms with van der Waals surface area (Å²) in [5.41, 5.74) is 0. The molecule has 2 rings (SSSR count). The Bertz CT molecular complexity index is 580. The molecule has 0 bridgehead atoms. The van der Waals surface area contributed by atoms with Crippen LogP contribution in [0, 0.1) is 5.92 Å².